The zero-order valence-electron chi connectivity index (χ0n) is 18.9. The minimum Gasteiger partial charge on any atom is -0.488 e. The van der Waals surface area contributed by atoms with Crippen molar-refractivity contribution in [3.63, 3.8) is 0 Å². The first-order chi connectivity index (χ1) is 17.0. The minimum atomic E-state index is -0.528. The number of ether oxygens (including phenoxy) is 1. The molecule has 1 N–H and O–H groups in total. The molecule has 0 saturated heterocycles. The number of hydrogen-bond acceptors (Lipinski definition) is 5. The number of para-hydroxylation sites is 1. The molecule has 7 nitrogen and oxygen atoms in total. The monoisotopic (exact) mass is 463 g/mol. The number of amides is 1. The van der Waals surface area contributed by atoms with Crippen LogP contribution in [0.15, 0.2) is 90.5 Å². The van der Waals surface area contributed by atoms with Gasteiger partial charge in [-0.25, -0.2) is 0 Å². The molecule has 0 unspecified atom stereocenters. The van der Waals surface area contributed by atoms with Crippen LogP contribution in [0.25, 0.3) is 16.8 Å². The van der Waals surface area contributed by atoms with E-state index in [0.717, 1.165) is 16.3 Å². The molecule has 0 atom stereocenters. The Kier molecular flexibility index (Phi) is 6.84. The number of benzene rings is 4. The molecule has 172 valence electrons. The largest absolute Gasteiger partial charge is 0.488 e. The third-order valence-corrected chi connectivity index (χ3v) is 5.49. The van der Waals surface area contributed by atoms with E-state index in [1.807, 2.05) is 61.5 Å². The Hall–Kier alpha value is -4.96. The Morgan fingerprint density at radius 2 is 1.83 bits per heavy atom. The molecule has 4 aromatic rings. The SMILES string of the molecule is Cc1ccccc1NC(=O)/C(C#N)=C/c1c(OCc2cccc([N+](=O)[O-])c2)ccc2ccccc12. The van der Waals surface area contributed by atoms with Crippen LogP contribution in [0, 0.1) is 28.4 Å². The van der Waals surface area contributed by atoms with Crippen LogP contribution < -0.4 is 10.1 Å². The van der Waals surface area contributed by atoms with Crippen molar-refractivity contribution in [2.24, 2.45) is 0 Å². The summed E-state index contributed by atoms with van der Waals surface area (Å²) < 4.78 is 6.02. The highest BCUT2D eigenvalue weighted by Gasteiger charge is 2.15. The number of fused-ring (bicyclic) bond motifs is 1. The molecule has 4 rings (SSSR count). The van der Waals surface area contributed by atoms with Crippen molar-refractivity contribution in [2.75, 3.05) is 5.32 Å². The van der Waals surface area contributed by atoms with E-state index in [0.29, 0.717) is 22.6 Å². The predicted molar refractivity (Wildman–Crippen MR) is 135 cm³/mol. The summed E-state index contributed by atoms with van der Waals surface area (Å²) in [5.41, 5.74) is 2.60. The summed E-state index contributed by atoms with van der Waals surface area (Å²) in [6.07, 6.45) is 1.51. The summed E-state index contributed by atoms with van der Waals surface area (Å²) in [6.45, 7) is 1.95. The van der Waals surface area contributed by atoms with Gasteiger partial charge >= 0.3 is 0 Å². The van der Waals surface area contributed by atoms with E-state index in [2.05, 4.69) is 5.32 Å². The van der Waals surface area contributed by atoms with Crippen LogP contribution in [-0.2, 0) is 11.4 Å². The van der Waals surface area contributed by atoms with Crippen molar-refractivity contribution in [1.82, 2.24) is 0 Å². The highest BCUT2D eigenvalue weighted by atomic mass is 16.6. The highest BCUT2D eigenvalue weighted by Crippen LogP contribution is 2.31. The van der Waals surface area contributed by atoms with Crippen molar-refractivity contribution >= 4 is 34.1 Å². The molecule has 0 heterocycles. The van der Waals surface area contributed by atoms with Crippen molar-refractivity contribution < 1.29 is 14.5 Å². The fourth-order valence-corrected chi connectivity index (χ4v) is 3.67. The normalized spacial score (nSPS) is 11.0. The zero-order chi connectivity index (χ0) is 24.8. The fraction of sp³-hybridized carbons (Fsp3) is 0.0714. The molecule has 0 fully saturated rings. The van der Waals surface area contributed by atoms with Crippen LogP contribution in [-0.4, -0.2) is 10.8 Å². The van der Waals surface area contributed by atoms with Crippen LogP contribution in [0.5, 0.6) is 5.75 Å². The number of nitro groups is 1. The second-order valence-corrected chi connectivity index (χ2v) is 7.85. The summed E-state index contributed by atoms with van der Waals surface area (Å²) >= 11 is 0. The Morgan fingerprint density at radius 1 is 1.06 bits per heavy atom. The van der Waals surface area contributed by atoms with Gasteiger partial charge in [-0.2, -0.15) is 5.26 Å². The minimum absolute atomic E-state index is 0.0237. The number of nitrogens with one attached hydrogen (secondary N) is 1. The Bertz CT molecular complexity index is 1500. The number of carbonyl (C=O) groups is 1. The number of rotatable bonds is 7. The summed E-state index contributed by atoms with van der Waals surface area (Å²) in [4.78, 5) is 23.6. The predicted octanol–water partition coefficient (Wildman–Crippen LogP) is 6.18. The lowest BCUT2D eigenvalue weighted by molar-refractivity contribution is -0.384. The summed E-state index contributed by atoms with van der Waals surface area (Å²) in [6, 6.07) is 26.7. The molecular weight excluding hydrogens is 442 g/mol. The van der Waals surface area contributed by atoms with Gasteiger partial charge in [0.15, 0.2) is 0 Å². The molecule has 0 radical (unpaired) electrons. The Labute approximate surface area is 202 Å². The number of hydrogen-bond donors (Lipinski definition) is 1. The second kappa shape index (κ2) is 10.3. The van der Waals surface area contributed by atoms with Gasteiger partial charge in [0.1, 0.15) is 24.0 Å². The third-order valence-electron chi connectivity index (χ3n) is 5.49. The second-order valence-electron chi connectivity index (χ2n) is 7.85. The van der Waals surface area contributed by atoms with Crippen LogP contribution in [0.2, 0.25) is 0 Å². The van der Waals surface area contributed by atoms with E-state index in [1.165, 1.54) is 18.2 Å². The van der Waals surface area contributed by atoms with Crippen LogP contribution in [0.4, 0.5) is 11.4 Å². The molecule has 0 aliphatic carbocycles. The fourth-order valence-electron chi connectivity index (χ4n) is 3.67. The molecular formula is C28H21N3O4. The standard InChI is InChI=1S/C28H21N3O4/c1-19-7-2-5-12-26(19)30-28(32)22(17-29)16-25-24-11-4-3-9-21(24)13-14-27(25)35-18-20-8-6-10-23(15-20)31(33)34/h2-16H,18H2,1H3,(H,30,32)/b22-16+. The van der Waals surface area contributed by atoms with Gasteiger partial charge < -0.3 is 10.1 Å². The first kappa shape index (κ1) is 23.2. The molecule has 0 saturated carbocycles. The highest BCUT2D eigenvalue weighted by molar-refractivity contribution is 6.11. The van der Waals surface area contributed by atoms with E-state index in [9.17, 15) is 20.2 Å². The van der Waals surface area contributed by atoms with Crippen molar-refractivity contribution in [3.8, 4) is 11.8 Å². The maximum Gasteiger partial charge on any atom is 0.269 e. The summed E-state index contributed by atoms with van der Waals surface area (Å²) in [7, 11) is 0. The zero-order valence-corrected chi connectivity index (χ0v) is 18.9. The molecule has 0 aliphatic rings. The van der Waals surface area contributed by atoms with Gasteiger partial charge in [-0.3, -0.25) is 14.9 Å². The lowest BCUT2D eigenvalue weighted by Gasteiger charge is -2.13. The van der Waals surface area contributed by atoms with Crippen molar-refractivity contribution in [1.29, 1.82) is 5.26 Å². The number of nitrogens with zero attached hydrogens (tertiary/aromatic N) is 2. The van der Waals surface area contributed by atoms with E-state index in [1.54, 1.807) is 24.3 Å². The maximum absolute atomic E-state index is 12.9. The van der Waals surface area contributed by atoms with Crippen LogP contribution >= 0.6 is 0 Å². The maximum atomic E-state index is 12.9. The average molecular weight is 463 g/mol. The first-order valence-corrected chi connectivity index (χ1v) is 10.8. The number of carbonyl (C=O) groups excluding carboxylic acids is 1. The number of aryl methyl sites for hydroxylation is 1. The average Bonchev–Trinajstić information content (AvgIpc) is 2.87. The smallest absolute Gasteiger partial charge is 0.269 e. The quantitative estimate of drug-likeness (QED) is 0.152. The topological polar surface area (TPSA) is 105 Å². The molecule has 0 spiro atoms. The van der Waals surface area contributed by atoms with Gasteiger partial charge in [-0.1, -0.05) is 60.7 Å². The molecule has 7 heteroatoms. The van der Waals surface area contributed by atoms with E-state index < -0.39 is 10.8 Å². The van der Waals surface area contributed by atoms with Crippen molar-refractivity contribution in [2.45, 2.75) is 13.5 Å². The Balaban J connectivity index is 1.70. The summed E-state index contributed by atoms with van der Waals surface area (Å²) in [5.74, 6) is -0.0778. The molecule has 1 amide bonds. The number of nitro benzene ring substituents is 1. The molecule has 4 aromatic carbocycles. The van der Waals surface area contributed by atoms with Crippen molar-refractivity contribution in [3.05, 3.63) is 117 Å². The molecule has 0 aromatic heterocycles. The van der Waals surface area contributed by atoms with Gasteiger partial charge in [0.05, 0.1) is 4.92 Å². The van der Waals surface area contributed by atoms with Gasteiger partial charge in [-0.05, 0) is 47.0 Å². The lowest BCUT2D eigenvalue weighted by Crippen LogP contribution is -2.14. The van der Waals surface area contributed by atoms with E-state index in [-0.39, 0.29) is 17.9 Å². The molecule has 0 bridgehead atoms. The van der Waals surface area contributed by atoms with Gasteiger partial charge in [-0.15, -0.1) is 0 Å². The van der Waals surface area contributed by atoms with E-state index >= 15 is 0 Å². The third kappa shape index (κ3) is 5.34. The molecule has 0 aliphatic heterocycles. The first-order valence-electron chi connectivity index (χ1n) is 10.8. The van der Waals surface area contributed by atoms with Crippen LogP contribution in [0.1, 0.15) is 16.7 Å². The van der Waals surface area contributed by atoms with Gasteiger partial charge in [0, 0.05) is 23.4 Å². The van der Waals surface area contributed by atoms with Gasteiger partial charge in [0.2, 0.25) is 0 Å². The summed E-state index contributed by atoms with van der Waals surface area (Å²) in [5, 5.41) is 25.4. The van der Waals surface area contributed by atoms with Gasteiger partial charge in [0.25, 0.3) is 11.6 Å². The molecule has 35 heavy (non-hydrogen) atoms. The lowest BCUT2D eigenvalue weighted by atomic mass is 10.0. The number of non-ortho nitro benzene ring substituents is 1. The van der Waals surface area contributed by atoms with E-state index in [4.69, 9.17) is 4.74 Å². The van der Waals surface area contributed by atoms with Crippen LogP contribution in [0.3, 0.4) is 0 Å². The number of anilines is 1. The Morgan fingerprint density at radius 3 is 2.60 bits per heavy atom. The number of nitriles is 1.